The van der Waals surface area contributed by atoms with Crippen LogP contribution >= 0.6 is 0 Å². The van der Waals surface area contributed by atoms with E-state index in [1.165, 1.54) is 53.9 Å². The Morgan fingerprint density at radius 2 is 0.911 bits per heavy atom. The first kappa shape index (κ1) is 25.8. The molecule has 1 heterocycles. The normalized spacial score (nSPS) is 15.0. The molecule has 9 rings (SSSR count). The molecule has 0 saturated carbocycles. The zero-order valence-electron chi connectivity index (χ0n) is 25.1. The molecule has 0 bridgehead atoms. The summed E-state index contributed by atoms with van der Waals surface area (Å²) in [6, 6.07) is 42.7. The number of nitrogens with zero attached hydrogens (tertiary/aromatic N) is 3. The standard InChI is InChI=1S/C42H29N3/c1-42(2)25-30(41-44-39(26-13-5-3-6-14-26)43-40(45-41)27-15-7-4-8-16-27)22-29-21-28-23-36-33-19-11-9-17-31(33)32-18-10-12-20-34(32)37(36)24-35(28)38(29)42/h3-25H,1-2H3. The summed E-state index contributed by atoms with van der Waals surface area (Å²) in [7, 11) is 0. The Balaban J connectivity index is 1.27. The molecule has 0 aliphatic heterocycles. The van der Waals surface area contributed by atoms with E-state index >= 15 is 0 Å². The Morgan fingerprint density at radius 1 is 0.444 bits per heavy atom. The van der Waals surface area contributed by atoms with E-state index in [-0.39, 0.29) is 5.41 Å². The summed E-state index contributed by atoms with van der Waals surface area (Å²) >= 11 is 0. The molecule has 0 N–H and O–H groups in total. The lowest BCUT2D eigenvalue weighted by Crippen LogP contribution is -2.28. The molecule has 0 fully saturated rings. The number of benzene rings is 6. The summed E-state index contributed by atoms with van der Waals surface area (Å²) < 4.78 is 0. The van der Waals surface area contributed by atoms with Gasteiger partial charge in [0.15, 0.2) is 17.5 Å². The Hall–Kier alpha value is -5.67. The van der Waals surface area contributed by atoms with Crippen LogP contribution in [-0.2, 0) is 0 Å². The smallest absolute Gasteiger partial charge is 0.164 e. The summed E-state index contributed by atoms with van der Waals surface area (Å²) in [5.74, 6) is 2.04. The third-order valence-electron chi connectivity index (χ3n) is 9.21. The highest BCUT2D eigenvalue weighted by molar-refractivity contribution is 6.25. The second kappa shape index (κ2) is 9.67. The summed E-state index contributed by atoms with van der Waals surface area (Å²) in [5.41, 5.74) is 5.29. The van der Waals surface area contributed by atoms with Crippen LogP contribution in [0.4, 0.5) is 0 Å². The van der Waals surface area contributed by atoms with Crippen LogP contribution in [0.3, 0.4) is 0 Å². The number of fused-ring (bicyclic) bond motifs is 8. The fourth-order valence-electron chi connectivity index (χ4n) is 7.27. The van der Waals surface area contributed by atoms with Gasteiger partial charge in [0, 0.05) is 22.1 Å². The number of allylic oxidation sites excluding steroid dienone is 4. The number of hydrogen-bond donors (Lipinski definition) is 0. The highest BCUT2D eigenvalue weighted by atomic mass is 15.0. The van der Waals surface area contributed by atoms with Crippen LogP contribution in [0.15, 0.2) is 139 Å². The van der Waals surface area contributed by atoms with Crippen molar-refractivity contribution in [2.75, 3.05) is 0 Å². The van der Waals surface area contributed by atoms with E-state index in [4.69, 9.17) is 15.0 Å². The van der Waals surface area contributed by atoms with E-state index in [1.807, 2.05) is 36.4 Å². The van der Waals surface area contributed by atoms with Crippen molar-refractivity contribution in [3.05, 3.63) is 155 Å². The molecule has 3 nitrogen and oxygen atoms in total. The van der Waals surface area contributed by atoms with E-state index < -0.39 is 0 Å². The molecule has 0 amide bonds. The van der Waals surface area contributed by atoms with Crippen LogP contribution in [-0.4, -0.2) is 15.0 Å². The highest BCUT2D eigenvalue weighted by Crippen LogP contribution is 2.44. The minimum absolute atomic E-state index is 0.242. The molecule has 1 aromatic heterocycles. The van der Waals surface area contributed by atoms with Crippen molar-refractivity contribution in [1.29, 1.82) is 0 Å². The summed E-state index contributed by atoms with van der Waals surface area (Å²) in [6.45, 7) is 4.61. The maximum Gasteiger partial charge on any atom is 0.164 e. The maximum absolute atomic E-state index is 5.04. The Labute approximate surface area is 261 Å². The van der Waals surface area contributed by atoms with Crippen molar-refractivity contribution in [1.82, 2.24) is 15.0 Å². The first-order chi connectivity index (χ1) is 22.0. The molecule has 0 radical (unpaired) electrons. The van der Waals surface area contributed by atoms with Crippen LogP contribution in [0, 0.1) is 5.41 Å². The average Bonchev–Trinajstić information content (AvgIpc) is 3.46. The summed E-state index contributed by atoms with van der Waals surface area (Å²) in [4.78, 5) is 15.0. The van der Waals surface area contributed by atoms with Crippen LogP contribution < -0.4 is 10.4 Å². The molecule has 212 valence electrons. The lowest BCUT2D eigenvalue weighted by atomic mass is 9.75. The predicted octanol–water partition coefficient (Wildman–Crippen LogP) is 8.66. The third-order valence-corrected chi connectivity index (χ3v) is 9.21. The first-order valence-electron chi connectivity index (χ1n) is 15.5. The van der Waals surface area contributed by atoms with Gasteiger partial charge in [0.25, 0.3) is 0 Å². The Kier molecular flexibility index (Phi) is 5.54. The van der Waals surface area contributed by atoms with Gasteiger partial charge >= 0.3 is 0 Å². The summed E-state index contributed by atoms with van der Waals surface area (Å²) in [5, 5.41) is 10.3. The zero-order valence-corrected chi connectivity index (χ0v) is 25.1. The van der Waals surface area contributed by atoms with E-state index in [1.54, 1.807) is 0 Å². The second-order valence-corrected chi connectivity index (χ2v) is 12.6. The van der Waals surface area contributed by atoms with E-state index in [0.717, 1.165) is 16.7 Å². The second-order valence-electron chi connectivity index (χ2n) is 12.6. The van der Waals surface area contributed by atoms with Gasteiger partial charge in [-0.2, -0.15) is 0 Å². The molecule has 0 unspecified atom stereocenters. The lowest BCUT2D eigenvalue weighted by molar-refractivity contribution is 0.646. The SMILES string of the molecule is CC1(C)C=C(c2nc(-c3ccccc3)nc(-c3ccccc3)n2)C=C2C=c3cc4c5ccccc5c5ccccc5c4cc3=C21. The molecule has 7 aromatic rings. The molecule has 0 saturated heterocycles. The minimum Gasteiger partial charge on any atom is -0.208 e. The van der Waals surface area contributed by atoms with Crippen molar-refractivity contribution in [2.45, 2.75) is 13.8 Å². The molecule has 45 heavy (non-hydrogen) atoms. The van der Waals surface area contributed by atoms with Crippen molar-refractivity contribution < 1.29 is 0 Å². The lowest BCUT2D eigenvalue weighted by Gasteiger charge is -2.29. The molecule has 6 aromatic carbocycles. The van der Waals surface area contributed by atoms with Crippen molar-refractivity contribution in [3.8, 4) is 22.8 Å². The maximum atomic E-state index is 5.04. The topological polar surface area (TPSA) is 38.7 Å². The van der Waals surface area contributed by atoms with Crippen molar-refractivity contribution in [2.24, 2.45) is 5.41 Å². The Morgan fingerprint density at radius 3 is 1.47 bits per heavy atom. The largest absolute Gasteiger partial charge is 0.208 e. The molecule has 2 aliphatic rings. The molecular formula is C42H29N3. The first-order valence-corrected chi connectivity index (χ1v) is 15.5. The van der Waals surface area contributed by atoms with Crippen molar-refractivity contribution >= 4 is 49.5 Å². The van der Waals surface area contributed by atoms with Gasteiger partial charge in [-0.1, -0.05) is 129 Å². The van der Waals surface area contributed by atoms with Gasteiger partial charge in [-0.3, -0.25) is 0 Å². The van der Waals surface area contributed by atoms with Gasteiger partial charge in [-0.05, 0) is 78.2 Å². The molecule has 3 heteroatoms. The van der Waals surface area contributed by atoms with Crippen LogP contribution in [0.25, 0.3) is 72.3 Å². The summed E-state index contributed by atoms with van der Waals surface area (Å²) in [6.07, 6.45) is 6.94. The molecule has 2 aliphatic carbocycles. The Bertz CT molecular complexity index is 2480. The van der Waals surface area contributed by atoms with Crippen LogP contribution in [0.5, 0.6) is 0 Å². The fraction of sp³-hybridized carbons (Fsp3) is 0.0714. The molecular weight excluding hydrogens is 546 g/mol. The van der Waals surface area contributed by atoms with E-state index in [0.29, 0.717) is 17.5 Å². The van der Waals surface area contributed by atoms with Gasteiger partial charge < -0.3 is 0 Å². The predicted molar refractivity (Wildman–Crippen MR) is 187 cm³/mol. The number of hydrogen-bond acceptors (Lipinski definition) is 3. The highest BCUT2D eigenvalue weighted by Gasteiger charge is 2.32. The van der Waals surface area contributed by atoms with Gasteiger partial charge in [-0.15, -0.1) is 0 Å². The number of rotatable bonds is 3. The van der Waals surface area contributed by atoms with E-state index in [2.05, 4.69) is 117 Å². The zero-order chi connectivity index (χ0) is 30.1. The third kappa shape index (κ3) is 4.08. The van der Waals surface area contributed by atoms with Gasteiger partial charge in [0.1, 0.15) is 0 Å². The molecule has 0 atom stereocenters. The van der Waals surface area contributed by atoms with Crippen LogP contribution in [0.2, 0.25) is 0 Å². The quantitative estimate of drug-likeness (QED) is 0.198. The monoisotopic (exact) mass is 575 g/mol. The van der Waals surface area contributed by atoms with E-state index in [9.17, 15) is 0 Å². The molecule has 0 spiro atoms. The number of aromatic nitrogens is 3. The van der Waals surface area contributed by atoms with Gasteiger partial charge in [0.2, 0.25) is 0 Å². The van der Waals surface area contributed by atoms with Crippen molar-refractivity contribution in [3.63, 3.8) is 0 Å². The van der Waals surface area contributed by atoms with Gasteiger partial charge in [-0.25, -0.2) is 15.0 Å². The average molecular weight is 576 g/mol. The van der Waals surface area contributed by atoms with Gasteiger partial charge in [0.05, 0.1) is 0 Å². The van der Waals surface area contributed by atoms with Crippen LogP contribution in [0.1, 0.15) is 19.7 Å². The fourth-order valence-corrected chi connectivity index (χ4v) is 7.27. The minimum atomic E-state index is -0.242.